The third-order valence-corrected chi connectivity index (χ3v) is 5.66. The lowest BCUT2D eigenvalue weighted by Gasteiger charge is -2.39. The first kappa shape index (κ1) is 15.1. The summed E-state index contributed by atoms with van der Waals surface area (Å²) in [4.78, 5) is 2.26. The molecule has 2 heterocycles. The van der Waals surface area contributed by atoms with Gasteiger partial charge in [0.1, 0.15) is 0 Å². The van der Waals surface area contributed by atoms with Crippen molar-refractivity contribution in [1.82, 2.24) is 18.8 Å². The molecule has 0 atom stereocenters. The predicted molar refractivity (Wildman–Crippen MR) is 73.2 cm³/mol. The summed E-state index contributed by atoms with van der Waals surface area (Å²) in [5.74, 6) is 0. The second-order valence-electron chi connectivity index (χ2n) is 5.17. The molecule has 2 fully saturated rings. The lowest BCUT2D eigenvalue weighted by atomic mass is 10.2. The van der Waals surface area contributed by atoms with E-state index in [9.17, 15) is 8.42 Å². The molecule has 0 amide bonds. The van der Waals surface area contributed by atoms with Crippen molar-refractivity contribution in [1.29, 1.82) is 0 Å². The largest absolute Gasteiger partial charge is 0.379 e. The number of hydrogen-bond acceptors (Lipinski definition) is 5. The monoisotopic (exact) mass is 292 g/mol. The Morgan fingerprint density at radius 3 is 2.37 bits per heavy atom. The van der Waals surface area contributed by atoms with E-state index in [0.29, 0.717) is 6.54 Å². The van der Waals surface area contributed by atoms with Crippen LogP contribution in [0, 0.1) is 0 Å². The molecule has 7 nitrogen and oxygen atoms in total. The lowest BCUT2D eigenvalue weighted by molar-refractivity contribution is 0.0343. The summed E-state index contributed by atoms with van der Waals surface area (Å²) in [6.07, 6.45) is 0. The first-order valence-electron chi connectivity index (χ1n) is 6.72. The van der Waals surface area contributed by atoms with Crippen molar-refractivity contribution < 1.29 is 13.2 Å². The number of ether oxygens (including phenoxy) is 1. The molecule has 0 aromatic heterocycles. The molecule has 0 saturated carbocycles. The van der Waals surface area contributed by atoms with Crippen LogP contribution in [0.25, 0.3) is 0 Å². The van der Waals surface area contributed by atoms with Crippen LogP contribution < -0.4 is 5.32 Å². The zero-order valence-corrected chi connectivity index (χ0v) is 12.5. The van der Waals surface area contributed by atoms with Gasteiger partial charge in [0.2, 0.25) is 0 Å². The minimum atomic E-state index is -3.33. The maximum Gasteiger partial charge on any atom is 0.281 e. The Morgan fingerprint density at radius 2 is 1.89 bits per heavy atom. The summed E-state index contributed by atoms with van der Waals surface area (Å²) in [5, 5.41) is 3.13. The SMILES string of the molecule is CN(C)S(=O)(=O)N(CCN1CCOCC1)C1CNC1. The zero-order chi connectivity index (χ0) is 13.9. The first-order chi connectivity index (χ1) is 9.01. The molecule has 0 bridgehead atoms. The van der Waals surface area contributed by atoms with Gasteiger partial charge in [-0.05, 0) is 0 Å². The fourth-order valence-corrected chi connectivity index (χ4v) is 3.50. The number of morpholine rings is 1. The van der Waals surface area contributed by atoms with Crippen molar-refractivity contribution in [3.8, 4) is 0 Å². The molecule has 0 aliphatic carbocycles. The van der Waals surface area contributed by atoms with Crippen molar-refractivity contribution in [2.45, 2.75) is 6.04 Å². The zero-order valence-electron chi connectivity index (χ0n) is 11.7. The van der Waals surface area contributed by atoms with Gasteiger partial charge in [0, 0.05) is 53.4 Å². The van der Waals surface area contributed by atoms with Crippen LogP contribution in [-0.2, 0) is 14.9 Å². The average Bonchev–Trinajstić information content (AvgIpc) is 2.32. The molecule has 0 radical (unpaired) electrons. The van der Waals surface area contributed by atoms with Gasteiger partial charge >= 0.3 is 0 Å². The van der Waals surface area contributed by atoms with E-state index >= 15 is 0 Å². The van der Waals surface area contributed by atoms with Crippen LogP contribution in [0.1, 0.15) is 0 Å². The fraction of sp³-hybridized carbons (Fsp3) is 1.00. The summed E-state index contributed by atoms with van der Waals surface area (Å²) in [5.41, 5.74) is 0. The average molecular weight is 292 g/mol. The van der Waals surface area contributed by atoms with Gasteiger partial charge in [-0.15, -0.1) is 0 Å². The van der Waals surface area contributed by atoms with E-state index in [2.05, 4.69) is 10.2 Å². The minimum absolute atomic E-state index is 0.0911. The molecule has 2 aliphatic rings. The Kier molecular flexibility index (Phi) is 5.15. The van der Waals surface area contributed by atoms with Crippen LogP contribution in [-0.4, -0.2) is 94.5 Å². The van der Waals surface area contributed by atoms with Gasteiger partial charge < -0.3 is 10.1 Å². The summed E-state index contributed by atoms with van der Waals surface area (Å²) >= 11 is 0. The molecular weight excluding hydrogens is 268 g/mol. The highest BCUT2D eigenvalue weighted by atomic mass is 32.2. The Bertz CT molecular complexity index is 377. The lowest BCUT2D eigenvalue weighted by Crippen LogP contribution is -2.61. The van der Waals surface area contributed by atoms with E-state index in [1.807, 2.05) is 0 Å². The van der Waals surface area contributed by atoms with Crippen molar-refractivity contribution in [2.75, 3.05) is 66.6 Å². The van der Waals surface area contributed by atoms with E-state index in [1.165, 1.54) is 4.31 Å². The molecule has 0 spiro atoms. The number of rotatable bonds is 6. The second kappa shape index (κ2) is 6.47. The third kappa shape index (κ3) is 3.65. The predicted octanol–water partition coefficient (Wildman–Crippen LogP) is -1.60. The standard InChI is InChI=1S/C11H24N4O3S/c1-13(2)19(16,17)15(11-9-12-10-11)4-3-14-5-7-18-8-6-14/h11-12H,3-10H2,1-2H3. The molecular formula is C11H24N4O3S. The van der Waals surface area contributed by atoms with Gasteiger partial charge in [0.15, 0.2) is 0 Å². The van der Waals surface area contributed by atoms with E-state index in [-0.39, 0.29) is 6.04 Å². The smallest absolute Gasteiger partial charge is 0.281 e. The first-order valence-corrected chi connectivity index (χ1v) is 8.11. The Morgan fingerprint density at radius 1 is 1.26 bits per heavy atom. The highest BCUT2D eigenvalue weighted by molar-refractivity contribution is 7.86. The summed E-state index contributed by atoms with van der Waals surface area (Å²) in [6.45, 7) is 6.07. The molecule has 2 saturated heterocycles. The molecule has 8 heteroatoms. The van der Waals surface area contributed by atoms with Crippen LogP contribution in [0.4, 0.5) is 0 Å². The number of nitrogens with zero attached hydrogens (tertiary/aromatic N) is 3. The summed E-state index contributed by atoms with van der Waals surface area (Å²) < 4.78 is 32.9. The van der Waals surface area contributed by atoms with Crippen molar-refractivity contribution in [3.05, 3.63) is 0 Å². The van der Waals surface area contributed by atoms with Gasteiger partial charge in [0.25, 0.3) is 10.2 Å². The normalized spacial score (nSPS) is 22.9. The highest BCUT2D eigenvalue weighted by Gasteiger charge is 2.35. The Labute approximate surface area is 115 Å². The van der Waals surface area contributed by atoms with Crippen LogP contribution in [0.3, 0.4) is 0 Å². The number of hydrogen-bond donors (Lipinski definition) is 1. The van der Waals surface area contributed by atoms with Crippen LogP contribution in [0.15, 0.2) is 0 Å². The van der Waals surface area contributed by atoms with Crippen molar-refractivity contribution >= 4 is 10.2 Å². The maximum absolute atomic E-state index is 12.3. The quantitative estimate of drug-likeness (QED) is 0.639. The van der Waals surface area contributed by atoms with Gasteiger partial charge in [0.05, 0.1) is 19.3 Å². The highest BCUT2D eigenvalue weighted by Crippen LogP contribution is 2.13. The van der Waals surface area contributed by atoms with E-state index in [4.69, 9.17) is 4.74 Å². The molecule has 0 unspecified atom stereocenters. The van der Waals surface area contributed by atoms with Gasteiger partial charge in [-0.3, -0.25) is 4.90 Å². The van der Waals surface area contributed by atoms with Gasteiger partial charge in [-0.25, -0.2) is 0 Å². The number of nitrogens with one attached hydrogen (secondary N) is 1. The minimum Gasteiger partial charge on any atom is -0.379 e. The molecule has 0 aromatic carbocycles. The van der Waals surface area contributed by atoms with E-state index < -0.39 is 10.2 Å². The third-order valence-electron chi connectivity index (χ3n) is 3.67. The van der Waals surface area contributed by atoms with Crippen molar-refractivity contribution in [3.63, 3.8) is 0 Å². The molecule has 112 valence electrons. The fourth-order valence-electron chi connectivity index (χ4n) is 2.24. The second-order valence-corrected chi connectivity index (χ2v) is 7.26. The molecule has 0 aromatic rings. The summed E-state index contributed by atoms with van der Waals surface area (Å²) in [7, 11) is -0.158. The molecule has 1 N–H and O–H groups in total. The summed E-state index contributed by atoms with van der Waals surface area (Å²) in [6, 6.07) is 0.0911. The van der Waals surface area contributed by atoms with Crippen LogP contribution >= 0.6 is 0 Å². The topological polar surface area (TPSA) is 65.1 Å². The van der Waals surface area contributed by atoms with Gasteiger partial charge in [-0.1, -0.05) is 0 Å². The Hall–Kier alpha value is -0.250. The van der Waals surface area contributed by atoms with E-state index in [1.54, 1.807) is 18.4 Å². The van der Waals surface area contributed by atoms with E-state index in [0.717, 1.165) is 45.9 Å². The molecule has 2 aliphatic heterocycles. The van der Waals surface area contributed by atoms with Crippen LogP contribution in [0.5, 0.6) is 0 Å². The molecule has 19 heavy (non-hydrogen) atoms. The van der Waals surface area contributed by atoms with Crippen molar-refractivity contribution in [2.24, 2.45) is 0 Å². The van der Waals surface area contributed by atoms with Crippen LogP contribution in [0.2, 0.25) is 0 Å². The van der Waals surface area contributed by atoms with Gasteiger partial charge in [-0.2, -0.15) is 17.0 Å². The molecule has 2 rings (SSSR count). The maximum atomic E-state index is 12.3. The Balaban J connectivity index is 1.94.